The van der Waals surface area contributed by atoms with Crippen LogP contribution in [0.4, 0.5) is 0 Å². The van der Waals surface area contributed by atoms with Gasteiger partial charge < -0.3 is 0 Å². The van der Waals surface area contributed by atoms with E-state index in [2.05, 4.69) is 127 Å². The number of fused-ring (bicyclic) bond motifs is 3. The summed E-state index contributed by atoms with van der Waals surface area (Å²) in [5.41, 5.74) is 11.1. The van der Waals surface area contributed by atoms with Crippen molar-refractivity contribution in [2.24, 2.45) is 0 Å². The molecule has 44 heavy (non-hydrogen) atoms. The molecule has 0 fully saturated rings. The summed E-state index contributed by atoms with van der Waals surface area (Å²) in [7, 11) is 0. The molecule has 0 bridgehead atoms. The zero-order valence-electron chi connectivity index (χ0n) is 23.9. The van der Waals surface area contributed by atoms with Crippen LogP contribution < -0.4 is 0 Å². The molecule has 0 saturated carbocycles. The van der Waals surface area contributed by atoms with Gasteiger partial charge in [-0.25, -0.2) is 15.0 Å². The number of hydrogen-bond acceptors (Lipinski definition) is 3. The monoisotopic (exact) mass is 561 g/mol. The van der Waals surface area contributed by atoms with Gasteiger partial charge in [0.05, 0.1) is 16.9 Å². The molecule has 2 heterocycles. The van der Waals surface area contributed by atoms with Crippen molar-refractivity contribution in [2.45, 2.75) is 0 Å². The molecule has 0 radical (unpaired) electrons. The Kier molecular flexibility index (Phi) is 6.47. The molecule has 0 amide bonds. The van der Waals surface area contributed by atoms with Gasteiger partial charge in [0.2, 0.25) is 0 Å². The van der Waals surface area contributed by atoms with Gasteiger partial charge in [-0.3, -0.25) is 0 Å². The third-order valence-electron chi connectivity index (χ3n) is 8.05. The molecule has 2 aromatic heterocycles. The highest BCUT2D eigenvalue weighted by Crippen LogP contribution is 2.36. The fourth-order valence-electron chi connectivity index (χ4n) is 5.84. The van der Waals surface area contributed by atoms with E-state index in [0.717, 1.165) is 72.1 Å². The van der Waals surface area contributed by atoms with E-state index in [0.29, 0.717) is 5.82 Å². The molecular weight excluding hydrogens is 534 g/mol. The molecule has 8 rings (SSSR count). The summed E-state index contributed by atoms with van der Waals surface area (Å²) in [6.45, 7) is 0. The van der Waals surface area contributed by atoms with E-state index in [1.807, 2.05) is 36.4 Å². The summed E-state index contributed by atoms with van der Waals surface area (Å²) < 4.78 is 0. The highest BCUT2D eigenvalue weighted by atomic mass is 14.9. The van der Waals surface area contributed by atoms with Gasteiger partial charge in [-0.2, -0.15) is 0 Å². The van der Waals surface area contributed by atoms with Gasteiger partial charge in [-0.05, 0) is 52.6 Å². The zero-order valence-corrected chi connectivity index (χ0v) is 23.9. The first-order valence-electron chi connectivity index (χ1n) is 14.8. The van der Waals surface area contributed by atoms with Crippen LogP contribution in [-0.2, 0) is 0 Å². The minimum Gasteiger partial charge on any atom is -0.245 e. The van der Waals surface area contributed by atoms with E-state index in [9.17, 15) is 0 Å². The van der Waals surface area contributed by atoms with Crippen molar-refractivity contribution in [3.63, 3.8) is 0 Å². The fraction of sp³-hybridized carbons (Fsp3) is 0. The predicted molar refractivity (Wildman–Crippen MR) is 182 cm³/mol. The van der Waals surface area contributed by atoms with Crippen molar-refractivity contribution in [3.05, 3.63) is 164 Å². The molecule has 0 aliphatic rings. The summed E-state index contributed by atoms with van der Waals surface area (Å²) in [5, 5.41) is 2.02. The second-order valence-electron chi connectivity index (χ2n) is 10.9. The molecule has 0 unspecified atom stereocenters. The molecular formula is C41H27N3. The Balaban J connectivity index is 1.42. The van der Waals surface area contributed by atoms with E-state index >= 15 is 0 Å². The highest BCUT2D eigenvalue weighted by molar-refractivity contribution is 6.08. The van der Waals surface area contributed by atoms with Crippen molar-refractivity contribution in [3.8, 4) is 56.2 Å². The largest absolute Gasteiger partial charge is 0.245 e. The molecule has 0 N–H and O–H groups in total. The van der Waals surface area contributed by atoms with Gasteiger partial charge >= 0.3 is 0 Å². The van der Waals surface area contributed by atoms with Crippen LogP contribution in [-0.4, -0.2) is 15.0 Å². The van der Waals surface area contributed by atoms with Gasteiger partial charge in [0.1, 0.15) is 5.52 Å². The number of nitrogens with zero attached hydrogens (tertiary/aromatic N) is 3. The molecule has 8 aromatic rings. The lowest BCUT2D eigenvalue weighted by atomic mass is 9.95. The second-order valence-corrected chi connectivity index (χ2v) is 10.9. The maximum absolute atomic E-state index is 5.29. The summed E-state index contributed by atoms with van der Waals surface area (Å²) >= 11 is 0. The normalized spacial score (nSPS) is 11.2. The maximum atomic E-state index is 5.29. The van der Waals surface area contributed by atoms with E-state index in [-0.39, 0.29) is 0 Å². The standard InChI is InChI=1S/C41H27N3/c1-5-13-28(14-6-1)33-25-34(29-15-7-2-8-16-29)27-35(26-33)41-43-38(31-19-11-4-12-20-31)36-23-21-32-22-24-37(30-17-9-3-10-18-30)42-39(32)40(36)44-41/h1-27H. The van der Waals surface area contributed by atoms with Crippen LogP contribution in [0, 0.1) is 0 Å². The maximum Gasteiger partial charge on any atom is 0.160 e. The quantitative estimate of drug-likeness (QED) is 0.196. The highest BCUT2D eigenvalue weighted by Gasteiger charge is 2.17. The summed E-state index contributed by atoms with van der Waals surface area (Å²) in [6.07, 6.45) is 0. The first kappa shape index (κ1) is 25.8. The van der Waals surface area contributed by atoms with Crippen LogP contribution in [0.1, 0.15) is 0 Å². The number of pyridine rings is 1. The van der Waals surface area contributed by atoms with Gasteiger partial charge in [-0.1, -0.05) is 133 Å². The molecule has 0 atom stereocenters. The molecule has 0 aliphatic heterocycles. The Morgan fingerprint density at radius 1 is 0.318 bits per heavy atom. The van der Waals surface area contributed by atoms with E-state index in [1.54, 1.807) is 0 Å². The molecule has 0 aliphatic carbocycles. The van der Waals surface area contributed by atoms with Crippen LogP contribution in [0.3, 0.4) is 0 Å². The number of aromatic nitrogens is 3. The Morgan fingerprint density at radius 3 is 1.41 bits per heavy atom. The second kappa shape index (κ2) is 11.0. The van der Waals surface area contributed by atoms with Crippen molar-refractivity contribution < 1.29 is 0 Å². The molecule has 6 aromatic carbocycles. The van der Waals surface area contributed by atoms with Crippen molar-refractivity contribution in [1.29, 1.82) is 0 Å². The Labute approximate surface area is 256 Å². The molecule has 206 valence electrons. The average Bonchev–Trinajstić information content (AvgIpc) is 3.12. The Morgan fingerprint density at radius 2 is 0.818 bits per heavy atom. The van der Waals surface area contributed by atoms with Crippen molar-refractivity contribution >= 4 is 21.8 Å². The van der Waals surface area contributed by atoms with Crippen molar-refractivity contribution in [2.75, 3.05) is 0 Å². The minimum absolute atomic E-state index is 0.672. The minimum atomic E-state index is 0.672. The van der Waals surface area contributed by atoms with Crippen molar-refractivity contribution in [1.82, 2.24) is 15.0 Å². The summed E-state index contributed by atoms with van der Waals surface area (Å²) in [6, 6.07) is 56.8. The first-order valence-corrected chi connectivity index (χ1v) is 14.8. The molecule has 3 heteroatoms. The van der Waals surface area contributed by atoms with Crippen LogP contribution >= 0.6 is 0 Å². The lowest BCUT2D eigenvalue weighted by molar-refractivity contribution is 1.23. The third kappa shape index (κ3) is 4.81. The number of benzene rings is 6. The van der Waals surface area contributed by atoms with Crippen LogP contribution in [0.2, 0.25) is 0 Å². The van der Waals surface area contributed by atoms with Gasteiger partial charge in [0, 0.05) is 27.5 Å². The molecule has 0 spiro atoms. The summed E-state index contributed by atoms with van der Waals surface area (Å²) in [4.78, 5) is 15.7. The van der Waals surface area contributed by atoms with Gasteiger partial charge in [-0.15, -0.1) is 0 Å². The third-order valence-corrected chi connectivity index (χ3v) is 8.05. The van der Waals surface area contributed by atoms with Crippen LogP contribution in [0.5, 0.6) is 0 Å². The van der Waals surface area contributed by atoms with Gasteiger partial charge in [0.15, 0.2) is 5.82 Å². The lowest BCUT2D eigenvalue weighted by Gasteiger charge is -2.14. The van der Waals surface area contributed by atoms with Crippen LogP contribution in [0.25, 0.3) is 78.0 Å². The SMILES string of the molecule is c1ccc(-c2cc(-c3ccccc3)cc(-c3nc(-c4ccccc4)c4ccc5ccc(-c6ccccc6)nc5c4n3)c2)cc1. The number of rotatable bonds is 5. The fourth-order valence-corrected chi connectivity index (χ4v) is 5.84. The average molecular weight is 562 g/mol. The topological polar surface area (TPSA) is 38.7 Å². The Bertz CT molecular complexity index is 2190. The predicted octanol–water partition coefficient (Wildman–Crippen LogP) is 10.5. The number of hydrogen-bond donors (Lipinski definition) is 0. The zero-order chi connectivity index (χ0) is 29.3. The van der Waals surface area contributed by atoms with Crippen LogP contribution in [0.15, 0.2) is 164 Å². The summed E-state index contributed by atoms with van der Waals surface area (Å²) in [5.74, 6) is 0.672. The lowest BCUT2D eigenvalue weighted by Crippen LogP contribution is -1.98. The first-order chi connectivity index (χ1) is 21.8. The Hall–Kier alpha value is -5.93. The molecule has 0 saturated heterocycles. The van der Waals surface area contributed by atoms with Gasteiger partial charge in [0.25, 0.3) is 0 Å². The molecule has 3 nitrogen and oxygen atoms in total. The van der Waals surface area contributed by atoms with E-state index < -0.39 is 0 Å². The van der Waals surface area contributed by atoms with E-state index in [4.69, 9.17) is 15.0 Å². The van der Waals surface area contributed by atoms with E-state index in [1.165, 1.54) is 0 Å². The smallest absolute Gasteiger partial charge is 0.160 e.